The van der Waals surface area contributed by atoms with Gasteiger partial charge in [0.2, 0.25) is 5.91 Å². The number of aromatic nitrogens is 3. The molecule has 12 rings (SSSR count). The number of methoxy groups -OCH3 is 1. The van der Waals surface area contributed by atoms with E-state index in [1.807, 2.05) is 56.5 Å². The van der Waals surface area contributed by atoms with Crippen molar-refractivity contribution in [3.05, 3.63) is 93.6 Å². The number of hydrogen-bond acceptors (Lipinski definition) is 13. The van der Waals surface area contributed by atoms with Crippen molar-refractivity contribution in [3.63, 3.8) is 0 Å². The minimum absolute atomic E-state index is 0.0148. The number of carbonyl (C=O) groups is 3. The van der Waals surface area contributed by atoms with Crippen molar-refractivity contribution in [1.82, 2.24) is 45.0 Å². The number of amides is 2. The SMILES string of the molecule is CO[C@@H](C)c1ncc(C#C[C@@H](C)N2CCN(C3CC3)CC2)cc1-c1c(CC(C)(C)COC(C)=O)c2cc(-c3csc([C@H]([C@H](NC(=O)[C@@H]4[C@@H](C)[C@H]4c4ccccc4)C(=O)N4NCC5CC4C5)N4CCOCC4)n3)ccc2n1CC(F)(F)F. The molecule has 4 saturated heterocycles. The van der Waals surface area contributed by atoms with Gasteiger partial charge in [-0.25, -0.2) is 10.4 Å². The van der Waals surface area contributed by atoms with Gasteiger partial charge < -0.3 is 24.1 Å². The van der Waals surface area contributed by atoms with Crippen molar-refractivity contribution in [2.45, 2.75) is 129 Å². The molecule has 4 aliphatic heterocycles. The molecular weight excluding hydrogens is 1060 g/mol. The molecule has 2 amide bonds. The lowest BCUT2D eigenvalue weighted by Gasteiger charge is -2.50. The Hall–Kier alpha value is -5.72. The number of nitrogens with one attached hydrogen (secondary N) is 2. The lowest BCUT2D eigenvalue weighted by Crippen LogP contribution is -2.67. The van der Waals surface area contributed by atoms with Crippen molar-refractivity contribution < 1.29 is 41.8 Å². The highest BCUT2D eigenvalue weighted by Crippen LogP contribution is 2.54. The summed E-state index contributed by atoms with van der Waals surface area (Å²) in [5.74, 6) is 6.23. The monoisotopic (exact) mass is 1130 g/mol. The molecular formula is C62H76F3N9O6S. The zero-order valence-corrected chi connectivity index (χ0v) is 48.4. The van der Waals surface area contributed by atoms with Gasteiger partial charge in [0.05, 0.1) is 55.1 Å². The number of pyridine rings is 1. The molecule has 7 atom stereocenters. The molecule has 432 valence electrons. The molecule has 5 aromatic rings. The molecule has 2 bridgehead atoms. The van der Waals surface area contributed by atoms with Gasteiger partial charge in [-0.3, -0.25) is 39.1 Å². The number of esters is 1. The lowest BCUT2D eigenvalue weighted by atomic mass is 9.78. The van der Waals surface area contributed by atoms with E-state index in [1.54, 1.807) is 30.4 Å². The molecule has 2 N–H and O–H groups in total. The van der Waals surface area contributed by atoms with Crippen LogP contribution in [0.4, 0.5) is 13.2 Å². The average Bonchev–Trinajstić information content (AvgIpc) is 4.38. The third kappa shape index (κ3) is 12.5. The fraction of sp³-hybridized carbons (Fsp3) is 0.565. The van der Waals surface area contributed by atoms with E-state index in [9.17, 15) is 9.59 Å². The van der Waals surface area contributed by atoms with Crippen molar-refractivity contribution in [2.24, 2.45) is 23.2 Å². The largest absolute Gasteiger partial charge is 0.465 e. The molecule has 7 aliphatic rings. The van der Waals surface area contributed by atoms with Crippen LogP contribution in [0.5, 0.6) is 0 Å². The Kier molecular flexibility index (Phi) is 16.6. The third-order valence-electron chi connectivity index (χ3n) is 17.7. The number of morpholine rings is 1. The van der Waals surface area contributed by atoms with E-state index in [-0.39, 0.29) is 54.7 Å². The van der Waals surface area contributed by atoms with Gasteiger partial charge in [0.1, 0.15) is 17.6 Å². The van der Waals surface area contributed by atoms with E-state index in [0.717, 1.165) is 44.6 Å². The van der Waals surface area contributed by atoms with Crippen molar-refractivity contribution in [2.75, 3.05) is 72.7 Å². The van der Waals surface area contributed by atoms with Crippen LogP contribution in [0.15, 0.2) is 66.2 Å². The van der Waals surface area contributed by atoms with Crippen LogP contribution in [0, 0.1) is 35.0 Å². The van der Waals surface area contributed by atoms with E-state index in [0.29, 0.717) is 100 Å². The number of piperazine rings is 1. The van der Waals surface area contributed by atoms with Gasteiger partial charge in [-0.1, -0.05) is 69.0 Å². The van der Waals surface area contributed by atoms with E-state index in [1.165, 1.54) is 35.7 Å². The second kappa shape index (κ2) is 23.5. The van der Waals surface area contributed by atoms with Crippen LogP contribution in [0.2, 0.25) is 0 Å². The molecule has 3 aliphatic carbocycles. The number of ether oxygens (including phenoxy) is 3. The average molecular weight is 1130 g/mol. The maximum atomic E-state index is 15.2. The van der Waals surface area contributed by atoms with E-state index >= 15 is 18.0 Å². The number of thiazole rings is 1. The van der Waals surface area contributed by atoms with Crippen molar-refractivity contribution in [1.29, 1.82) is 0 Å². The number of halogens is 3. The van der Waals surface area contributed by atoms with Crippen LogP contribution >= 0.6 is 11.3 Å². The van der Waals surface area contributed by atoms with Crippen LogP contribution in [0.3, 0.4) is 0 Å². The molecule has 2 aromatic carbocycles. The molecule has 19 heteroatoms. The van der Waals surface area contributed by atoms with Crippen LogP contribution in [-0.4, -0.2) is 155 Å². The molecule has 81 heavy (non-hydrogen) atoms. The van der Waals surface area contributed by atoms with Gasteiger partial charge in [-0.2, -0.15) is 13.2 Å². The Morgan fingerprint density at radius 1 is 0.963 bits per heavy atom. The Morgan fingerprint density at radius 3 is 2.37 bits per heavy atom. The van der Waals surface area contributed by atoms with Gasteiger partial charge in [0.25, 0.3) is 5.91 Å². The number of rotatable bonds is 18. The highest BCUT2D eigenvalue weighted by molar-refractivity contribution is 7.10. The molecule has 0 spiro atoms. The quantitative estimate of drug-likeness (QED) is 0.0639. The molecule has 7 heterocycles. The molecule has 3 saturated carbocycles. The van der Waals surface area contributed by atoms with Gasteiger partial charge in [-0.15, -0.1) is 11.3 Å². The first kappa shape index (κ1) is 57.1. The minimum Gasteiger partial charge on any atom is -0.465 e. The summed E-state index contributed by atoms with van der Waals surface area (Å²) in [6, 6.07) is 16.3. The minimum atomic E-state index is -4.63. The number of nitrogens with zero attached hydrogens (tertiary/aromatic N) is 7. The summed E-state index contributed by atoms with van der Waals surface area (Å²) in [5, 5.41) is 8.17. The molecule has 0 radical (unpaired) electrons. The summed E-state index contributed by atoms with van der Waals surface area (Å²) in [6.45, 7) is 16.3. The molecule has 3 aromatic heterocycles. The number of fused-ring (bicyclic) bond motifs is 3. The van der Waals surface area contributed by atoms with E-state index in [2.05, 4.69) is 63.3 Å². The topological polar surface area (TPSA) is 147 Å². The van der Waals surface area contributed by atoms with Crippen LogP contribution in [0.1, 0.15) is 113 Å². The predicted molar refractivity (Wildman–Crippen MR) is 305 cm³/mol. The predicted octanol–water partition coefficient (Wildman–Crippen LogP) is 8.78. The normalized spacial score (nSPS) is 24.1. The summed E-state index contributed by atoms with van der Waals surface area (Å²) in [4.78, 5) is 59.5. The molecule has 0 unspecified atom stereocenters. The second-order valence-electron chi connectivity index (χ2n) is 24.2. The Balaban J connectivity index is 1.00. The Labute approximate surface area is 477 Å². The Bertz CT molecular complexity index is 3170. The maximum absolute atomic E-state index is 15.2. The Morgan fingerprint density at radius 2 is 1.70 bits per heavy atom. The number of benzene rings is 2. The first-order valence-electron chi connectivity index (χ1n) is 28.9. The highest BCUT2D eigenvalue weighted by Gasteiger charge is 2.54. The lowest BCUT2D eigenvalue weighted by molar-refractivity contribution is -0.154. The maximum Gasteiger partial charge on any atom is 0.406 e. The fourth-order valence-corrected chi connectivity index (χ4v) is 14.0. The van der Waals surface area contributed by atoms with Crippen LogP contribution in [0.25, 0.3) is 33.4 Å². The fourth-order valence-electron chi connectivity index (χ4n) is 13.0. The first-order valence-corrected chi connectivity index (χ1v) is 29.8. The van der Waals surface area contributed by atoms with Gasteiger partial charge in [0, 0.05) is 122 Å². The summed E-state index contributed by atoms with van der Waals surface area (Å²) in [7, 11) is 1.55. The van der Waals surface area contributed by atoms with E-state index < -0.39 is 42.3 Å². The van der Waals surface area contributed by atoms with Gasteiger partial charge in [0.15, 0.2) is 0 Å². The van der Waals surface area contributed by atoms with Crippen molar-refractivity contribution in [3.8, 4) is 34.4 Å². The zero-order valence-electron chi connectivity index (χ0n) is 47.6. The standard InChI is InChI=1S/C62H76F3N9O6S/c1-37(70-19-21-71(22-20-70)45-16-17-45)13-14-41-29-48(54(66-32-41)39(3)78-7)56-49(31-61(5,6)36-80-40(4)75)47-30-44(15-18-51(47)73(56)35-62(63,64)65)50-34-81-59(68-50)57(72-23-25-79-26-24-72)55(60(77)74-46-27-42(28-46)33-67-74)69-58(76)53-38(2)52(53)43-11-9-8-10-12-43/h8-12,15,18,29-30,32,34,37-39,42,45-46,52-53,55,57,67H,16-17,19-28,31,33,35-36H2,1-7H3,(H,69,76)/t37-,38+,39+,42?,46?,52+,53-,55+,57+/m1/s1. The van der Waals surface area contributed by atoms with Crippen molar-refractivity contribution >= 4 is 40.0 Å². The molecule has 15 nitrogen and oxygen atoms in total. The first-order chi connectivity index (χ1) is 38.8. The number of hydrazine groups is 1. The smallest absolute Gasteiger partial charge is 0.406 e. The number of alkyl halides is 3. The highest BCUT2D eigenvalue weighted by atomic mass is 32.1. The van der Waals surface area contributed by atoms with Gasteiger partial charge in [-0.05, 0) is 93.0 Å². The van der Waals surface area contributed by atoms with Crippen LogP contribution < -0.4 is 10.7 Å². The number of carbonyl (C=O) groups excluding carboxylic acids is 3. The zero-order chi connectivity index (χ0) is 56.9. The molecule has 7 fully saturated rings. The summed E-state index contributed by atoms with van der Waals surface area (Å²) in [6.07, 6.45) is 0.971. The second-order valence-corrected chi connectivity index (χ2v) is 25.1. The summed E-state index contributed by atoms with van der Waals surface area (Å²) < 4.78 is 64.4. The number of hydrogen-bond donors (Lipinski definition) is 2. The summed E-state index contributed by atoms with van der Waals surface area (Å²) >= 11 is 1.39. The third-order valence-corrected chi connectivity index (χ3v) is 18.7. The summed E-state index contributed by atoms with van der Waals surface area (Å²) in [5.41, 5.74) is 7.69. The van der Waals surface area contributed by atoms with Gasteiger partial charge >= 0.3 is 12.1 Å². The van der Waals surface area contributed by atoms with Crippen LogP contribution in [-0.2, 0) is 41.6 Å². The van der Waals surface area contributed by atoms with E-state index in [4.69, 9.17) is 24.2 Å².